The minimum absolute atomic E-state index is 0.117. The molecule has 1 atom stereocenters. The van der Waals surface area contributed by atoms with Crippen LogP contribution in [0.25, 0.3) is 0 Å². The van der Waals surface area contributed by atoms with Crippen LogP contribution < -0.4 is 16.0 Å². The first-order valence-corrected chi connectivity index (χ1v) is 7.28. The molecule has 2 heterocycles. The quantitative estimate of drug-likeness (QED) is 0.873. The summed E-state index contributed by atoms with van der Waals surface area (Å²) >= 11 is 0. The van der Waals surface area contributed by atoms with Crippen LogP contribution in [0.2, 0.25) is 0 Å². The molecule has 21 heavy (non-hydrogen) atoms. The van der Waals surface area contributed by atoms with Gasteiger partial charge in [0.05, 0.1) is 24.1 Å². The summed E-state index contributed by atoms with van der Waals surface area (Å²) in [5.74, 6) is 0. The molecule has 1 aliphatic rings. The van der Waals surface area contributed by atoms with Crippen LogP contribution in [0.15, 0.2) is 18.5 Å². The number of nitrogens with two attached hydrogens (primary N) is 1. The summed E-state index contributed by atoms with van der Waals surface area (Å²) in [6, 6.07) is 1.90. The van der Waals surface area contributed by atoms with E-state index in [4.69, 9.17) is 10.5 Å². The lowest BCUT2D eigenvalue weighted by Gasteiger charge is -2.35. The molecule has 0 aliphatic carbocycles. The van der Waals surface area contributed by atoms with Gasteiger partial charge in [0, 0.05) is 18.3 Å². The third kappa shape index (κ3) is 4.51. The van der Waals surface area contributed by atoms with Crippen LogP contribution in [0.3, 0.4) is 0 Å². The van der Waals surface area contributed by atoms with Crippen LogP contribution in [-0.4, -0.2) is 35.8 Å². The molecule has 0 spiro atoms. The van der Waals surface area contributed by atoms with Crippen molar-refractivity contribution in [2.24, 2.45) is 0 Å². The van der Waals surface area contributed by atoms with Gasteiger partial charge in [0.2, 0.25) is 0 Å². The van der Waals surface area contributed by atoms with Gasteiger partial charge in [-0.15, -0.1) is 0 Å². The fourth-order valence-electron chi connectivity index (χ4n) is 2.43. The maximum absolute atomic E-state index is 11.9. The number of nitrogen functional groups attached to an aromatic ring is 1. The minimum Gasteiger partial charge on any atom is -0.444 e. The van der Waals surface area contributed by atoms with E-state index in [0.29, 0.717) is 12.2 Å². The lowest BCUT2D eigenvalue weighted by Crippen LogP contribution is -2.46. The average molecular weight is 292 g/mol. The van der Waals surface area contributed by atoms with E-state index in [0.717, 1.165) is 25.1 Å². The molecule has 6 heteroatoms. The Kier molecular flexibility index (Phi) is 4.55. The van der Waals surface area contributed by atoms with E-state index in [9.17, 15) is 4.79 Å². The normalized spacial score (nSPS) is 19.2. The van der Waals surface area contributed by atoms with Crippen LogP contribution in [0, 0.1) is 0 Å². The number of pyridine rings is 1. The van der Waals surface area contributed by atoms with Crippen LogP contribution in [0.5, 0.6) is 0 Å². The molecule has 1 unspecified atom stereocenters. The van der Waals surface area contributed by atoms with Crippen LogP contribution in [0.1, 0.15) is 33.6 Å². The molecule has 1 saturated heterocycles. The third-order valence-electron chi connectivity index (χ3n) is 3.30. The average Bonchev–Trinajstić information content (AvgIpc) is 2.37. The highest BCUT2D eigenvalue weighted by atomic mass is 16.6. The minimum atomic E-state index is -0.364. The molecular formula is C15H24N4O2. The van der Waals surface area contributed by atoms with Gasteiger partial charge in [-0.25, -0.2) is 4.79 Å². The van der Waals surface area contributed by atoms with Crippen LogP contribution in [-0.2, 0) is 4.74 Å². The molecule has 0 bridgehead atoms. The zero-order valence-electron chi connectivity index (χ0n) is 12.9. The van der Waals surface area contributed by atoms with Gasteiger partial charge >= 0.3 is 6.09 Å². The Bertz CT molecular complexity index is 499. The first-order valence-electron chi connectivity index (χ1n) is 7.28. The van der Waals surface area contributed by atoms with Crippen molar-refractivity contribution in [2.45, 2.75) is 45.3 Å². The second-order valence-corrected chi connectivity index (χ2v) is 6.43. The molecule has 0 aromatic carbocycles. The van der Waals surface area contributed by atoms with E-state index < -0.39 is 0 Å². The van der Waals surface area contributed by atoms with Crippen molar-refractivity contribution in [3.8, 4) is 0 Å². The van der Waals surface area contributed by atoms with Gasteiger partial charge in [-0.3, -0.25) is 4.98 Å². The second kappa shape index (κ2) is 6.20. The Morgan fingerprint density at radius 3 is 2.95 bits per heavy atom. The first-order chi connectivity index (χ1) is 9.85. The number of hydrogen-bond donors (Lipinski definition) is 2. The summed E-state index contributed by atoms with van der Waals surface area (Å²) in [7, 11) is 0. The zero-order chi connectivity index (χ0) is 15.5. The number of carbonyl (C=O) groups is 1. The highest BCUT2D eigenvalue weighted by Crippen LogP contribution is 2.25. The van der Waals surface area contributed by atoms with E-state index in [2.05, 4.69) is 15.2 Å². The molecule has 1 aliphatic heterocycles. The Morgan fingerprint density at radius 2 is 2.29 bits per heavy atom. The highest BCUT2D eigenvalue weighted by molar-refractivity contribution is 5.69. The number of ether oxygens (including phenoxy) is 1. The molecule has 6 nitrogen and oxygen atoms in total. The summed E-state index contributed by atoms with van der Waals surface area (Å²) < 4.78 is 5.51. The van der Waals surface area contributed by atoms with Gasteiger partial charge in [-0.05, 0) is 39.7 Å². The lowest BCUT2D eigenvalue weighted by molar-refractivity contribution is 0.0826. The monoisotopic (exact) mass is 292 g/mol. The van der Waals surface area contributed by atoms with Crippen molar-refractivity contribution in [1.82, 2.24) is 10.3 Å². The van der Waals surface area contributed by atoms with Gasteiger partial charge in [0.15, 0.2) is 0 Å². The Balaban J connectivity index is 1.95. The van der Waals surface area contributed by atoms with Crippen molar-refractivity contribution < 1.29 is 9.53 Å². The van der Waals surface area contributed by atoms with Crippen molar-refractivity contribution in [1.29, 1.82) is 0 Å². The fraction of sp³-hybridized carbons (Fsp3) is 0.600. The van der Waals surface area contributed by atoms with E-state index in [1.54, 1.807) is 12.4 Å². The third-order valence-corrected chi connectivity index (χ3v) is 3.30. The molecule has 0 radical (unpaired) electrons. The number of nitrogens with zero attached hydrogens (tertiary/aromatic N) is 2. The molecule has 3 N–H and O–H groups in total. The number of alkyl carbamates (subject to hydrolysis) is 1. The second-order valence-electron chi connectivity index (χ2n) is 6.43. The summed E-state index contributed by atoms with van der Waals surface area (Å²) in [5, 5.41) is 2.82. The highest BCUT2D eigenvalue weighted by Gasteiger charge is 2.25. The number of rotatable bonds is 2. The van der Waals surface area contributed by atoms with Gasteiger partial charge < -0.3 is 20.7 Å². The smallest absolute Gasteiger partial charge is 0.407 e. The summed E-state index contributed by atoms with van der Waals surface area (Å²) in [5.41, 5.74) is 7.27. The van der Waals surface area contributed by atoms with Crippen LogP contribution in [0.4, 0.5) is 16.2 Å². The number of carbonyl (C=O) groups excluding carboxylic acids is 1. The summed E-state index contributed by atoms with van der Waals surface area (Å²) in [4.78, 5) is 18.0. The molecule has 1 aromatic heterocycles. The van der Waals surface area contributed by atoms with Crippen LogP contribution >= 0.6 is 0 Å². The maximum Gasteiger partial charge on any atom is 0.407 e. The SMILES string of the molecule is CC(C)(C)NC(=O)OC1CCCN(c2ccncc2N)C1. The summed E-state index contributed by atoms with van der Waals surface area (Å²) in [6.45, 7) is 7.36. The van der Waals surface area contributed by atoms with Crippen molar-refractivity contribution in [3.63, 3.8) is 0 Å². The zero-order valence-corrected chi connectivity index (χ0v) is 12.9. The molecule has 2 rings (SSSR count). The molecule has 1 aromatic rings. The first kappa shape index (κ1) is 15.4. The number of anilines is 2. The van der Waals surface area contributed by atoms with Gasteiger partial charge in [-0.1, -0.05) is 0 Å². The van der Waals surface area contributed by atoms with Crippen molar-refractivity contribution in [2.75, 3.05) is 23.7 Å². The van der Waals surface area contributed by atoms with Crippen molar-refractivity contribution >= 4 is 17.5 Å². The standard InChI is InChI=1S/C15H24N4O2/c1-15(2,3)18-14(20)21-11-5-4-8-19(10-11)13-6-7-17-9-12(13)16/h6-7,9,11H,4-5,8,10,16H2,1-3H3,(H,18,20). The predicted octanol–water partition coefficient (Wildman–Crippen LogP) is 2.16. The van der Waals surface area contributed by atoms with Gasteiger partial charge in [0.25, 0.3) is 0 Å². The van der Waals surface area contributed by atoms with Gasteiger partial charge in [-0.2, -0.15) is 0 Å². The molecule has 1 amide bonds. The lowest BCUT2D eigenvalue weighted by atomic mass is 10.1. The largest absolute Gasteiger partial charge is 0.444 e. The van der Waals surface area contributed by atoms with E-state index in [-0.39, 0.29) is 17.7 Å². The van der Waals surface area contributed by atoms with Crippen molar-refractivity contribution in [3.05, 3.63) is 18.5 Å². The number of hydrogen-bond acceptors (Lipinski definition) is 5. The molecule has 0 saturated carbocycles. The molecule has 116 valence electrons. The Hall–Kier alpha value is -1.98. The number of amides is 1. The Labute approximate surface area is 125 Å². The summed E-state index contributed by atoms with van der Waals surface area (Å²) in [6.07, 6.45) is 4.73. The topological polar surface area (TPSA) is 80.5 Å². The maximum atomic E-state index is 11.9. The number of nitrogens with one attached hydrogen (secondary N) is 1. The van der Waals surface area contributed by atoms with Gasteiger partial charge in [0.1, 0.15) is 6.10 Å². The van der Waals surface area contributed by atoms with E-state index in [1.807, 2.05) is 26.8 Å². The molecule has 1 fully saturated rings. The van der Waals surface area contributed by atoms with E-state index in [1.165, 1.54) is 0 Å². The predicted molar refractivity (Wildman–Crippen MR) is 83.3 cm³/mol. The number of aromatic nitrogens is 1. The Morgan fingerprint density at radius 1 is 1.52 bits per heavy atom. The van der Waals surface area contributed by atoms with E-state index >= 15 is 0 Å². The fourth-order valence-corrected chi connectivity index (χ4v) is 2.43. The number of piperidine rings is 1. The molecular weight excluding hydrogens is 268 g/mol.